The van der Waals surface area contributed by atoms with E-state index >= 15 is 0 Å². The zero-order valence-electron chi connectivity index (χ0n) is 14.7. The molecule has 130 valence electrons. The first-order chi connectivity index (χ1) is 12.3. The highest BCUT2D eigenvalue weighted by atomic mass is 32.2. The van der Waals surface area contributed by atoms with Crippen molar-refractivity contribution in [2.24, 2.45) is 0 Å². The Kier molecular flexibility index (Phi) is 6.18. The van der Waals surface area contributed by atoms with E-state index in [0.29, 0.717) is 0 Å². The van der Waals surface area contributed by atoms with Crippen LogP contribution >= 0.6 is 11.8 Å². The highest BCUT2D eigenvalue weighted by molar-refractivity contribution is 7.99. The number of hydrogen-bond acceptors (Lipinski definition) is 4. The van der Waals surface area contributed by atoms with E-state index < -0.39 is 0 Å². The summed E-state index contributed by atoms with van der Waals surface area (Å²) in [6.45, 7) is 2.88. The molecular weight excluding hydrogens is 330 g/mol. The van der Waals surface area contributed by atoms with Gasteiger partial charge >= 0.3 is 0 Å². The maximum atomic E-state index is 5.72. The SMILES string of the molecule is COc1cccc2c(C)cc(SCCCCOc3ccccc3)nc12. The molecule has 2 aromatic carbocycles. The van der Waals surface area contributed by atoms with Gasteiger partial charge < -0.3 is 9.47 Å². The number of nitrogens with zero attached hydrogens (tertiary/aromatic N) is 1. The number of hydrogen-bond donors (Lipinski definition) is 0. The molecule has 0 radical (unpaired) electrons. The van der Waals surface area contributed by atoms with Crippen LogP contribution in [0.2, 0.25) is 0 Å². The van der Waals surface area contributed by atoms with Crippen LogP contribution in [0.15, 0.2) is 59.6 Å². The third-order valence-electron chi connectivity index (χ3n) is 4.01. The standard InChI is InChI=1S/C21H23NO2S/c1-16-15-20(22-21-18(16)11-8-12-19(21)23-2)25-14-7-6-13-24-17-9-4-3-5-10-17/h3-5,8-12,15H,6-7,13-14H2,1-2H3. The summed E-state index contributed by atoms with van der Waals surface area (Å²) in [5.74, 6) is 2.80. The van der Waals surface area contributed by atoms with Gasteiger partial charge in [0.2, 0.25) is 0 Å². The highest BCUT2D eigenvalue weighted by Crippen LogP contribution is 2.29. The smallest absolute Gasteiger partial charge is 0.145 e. The molecule has 4 heteroatoms. The molecule has 0 N–H and O–H groups in total. The molecule has 0 fully saturated rings. The van der Waals surface area contributed by atoms with Gasteiger partial charge in [-0.1, -0.05) is 30.3 Å². The van der Waals surface area contributed by atoms with Gasteiger partial charge in [0, 0.05) is 5.39 Å². The summed E-state index contributed by atoms with van der Waals surface area (Å²) in [5, 5.41) is 2.21. The van der Waals surface area contributed by atoms with Crippen LogP contribution in [0, 0.1) is 6.92 Å². The molecule has 0 saturated carbocycles. The number of aryl methyl sites for hydroxylation is 1. The van der Waals surface area contributed by atoms with Crippen LogP contribution in [0.4, 0.5) is 0 Å². The Labute approximate surface area is 153 Å². The second kappa shape index (κ2) is 8.77. The van der Waals surface area contributed by atoms with Crippen LogP contribution < -0.4 is 9.47 Å². The topological polar surface area (TPSA) is 31.4 Å². The van der Waals surface area contributed by atoms with Crippen LogP contribution in [0.5, 0.6) is 11.5 Å². The number of methoxy groups -OCH3 is 1. The number of aromatic nitrogens is 1. The minimum Gasteiger partial charge on any atom is -0.494 e. The first-order valence-electron chi connectivity index (χ1n) is 8.53. The van der Waals surface area contributed by atoms with Crippen molar-refractivity contribution in [1.29, 1.82) is 0 Å². The van der Waals surface area contributed by atoms with Crippen molar-refractivity contribution < 1.29 is 9.47 Å². The van der Waals surface area contributed by atoms with Gasteiger partial charge in [-0.2, -0.15) is 0 Å². The van der Waals surface area contributed by atoms with Crippen molar-refractivity contribution in [1.82, 2.24) is 4.98 Å². The summed E-state index contributed by atoms with van der Waals surface area (Å²) in [6.07, 6.45) is 2.14. The zero-order valence-corrected chi connectivity index (χ0v) is 15.5. The van der Waals surface area contributed by atoms with E-state index in [-0.39, 0.29) is 0 Å². The number of thioether (sulfide) groups is 1. The molecule has 0 unspecified atom stereocenters. The lowest BCUT2D eigenvalue weighted by molar-refractivity contribution is 0.310. The molecule has 0 aliphatic rings. The quantitative estimate of drug-likeness (QED) is 0.395. The highest BCUT2D eigenvalue weighted by Gasteiger charge is 2.07. The lowest BCUT2D eigenvalue weighted by Crippen LogP contribution is -1.98. The summed E-state index contributed by atoms with van der Waals surface area (Å²) in [4.78, 5) is 4.78. The van der Waals surface area contributed by atoms with Crippen LogP contribution in [0.25, 0.3) is 10.9 Å². The van der Waals surface area contributed by atoms with Crippen LogP contribution in [-0.2, 0) is 0 Å². The third-order valence-corrected chi connectivity index (χ3v) is 5.00. The maximum absolute atomic E-state index is 5.72. The third kappa shape index (κ3) is 4.67. The lowest BCUT2D eigenvalue weighted by atomic mass is 10.1. The summed E-state index contributed by atoms with van der Waals surface area (Å²) in [5.41, 5.74) is 2.18. The summed E-state index contributed by atoms with van der Waals surface area (Å²) < 4.78 is 11.2. The predicted molar refractivity (Wildman–Crippen MR) is 105 cm³/mol. The van der Waals surface area contributed by atoms with E-state index in [2.05, 4.69) is 19.1 Å². The molecule has 0 saturated heterocycles. The minimum absolute atomic E-state index is 0.753. The Morgan fingerprint density at radius 2 is 1.84 bits per heavy atom. The van der Waals surface area contributed by atoms with Gasteiger partial charge in [-0.25, -0.2) is 4.98 Å². The van der Waals surface area contributed by atoms with Crippen LogP contribution in [-0.4, -0.2) is 24.5 Å². The molecule has 3 aromatic rings. The monoisotopic (exact) mass is 353 g/mol. The summed E-state index contributed by atoms with van der Waals surface area (Å²) in [6, 6.07) is 18.2. The average Bonchev–Trinajstić information content (AvgIpc) is 2.65. The molecule has 0 aliphatic heterocycles. The lowest BCUT2D eigenvalue weighted by Gasteiger charge is -2.09. The van der Waals surface area contributed by atoms with Gasteiger partial charge in [0.25, 0.3) is 0 Å². The van der Waals surface area contributed by atoms with Gasteiger partial charge in [0.1, 0.15) is 17.0 Å². The molecule has 25 heavy (non-hydrogen) atoms. The minimum atomic E-state index is 0.753. The molecule has 3 nitrogen and oxygen atoms in total. The van der Waals surface area contributed by atoms with Gasteiger partial charge in [-0.05, 0) is 55.3 Å². The second-order valence-electron chi connectivity index (χ2n) is 5.85. The fourth-order valence-corrected chi connectivity index (χ4v) is 3.66. The number of ether oxygens (including phenoxy) is 2. The van der Waals surface area contributed by atoms with Crippen molar-refractivity contribution in [3.63, 3.8) is 0 Å². The predicted octanol–water partition coefficient (Wildman–Crippen LogP) is 5.50. The molecule has 0 spiro atoms. The Morgan fingerprint density at radius 1 is 1.00 bits per heavy atom. The Hall–Kier alpha value is -2.20. The number of benzene rings is 2. The van der Waals surface area contributed by atoms with E-state index in [1.165, 1.54) is 5.56 Å². The van der Waals surface area contributed by atoms with E-state index in [1.54, 1.807) is 18.9 Å². The fraction of sp³-hybridized carbons (Fsp3) is 0.286. The van der Waals surface area contributed by atoms with Gasteiger partial charge in [-0.15, -0.1) is 11.8 Å². The number of fused-ring (bicyclic) bond motifs is 1. The van der Waals surface area contributed by atoms with E-state index in [0.717, 1.165) is 52.6 Å². The Bertz CT molecular complexity index is 821. The number of pyridine rings is 1. The molecule has 1 aromatic heterocycles. The fourth-order valence-electron chi connectivity index (χ4n) is 2.69. The molecule has 0 atom stereocenters. The van der Waals surface area contributed by atoms with Crippen molar-refractivity contribution >= 4 is 22.7 Å². The molecule has 1 heterocycles. The van der Waals surface area contributed by atoms with Gasteiger partial charge in [0.05, 0.1) is 18.7 Å². The molecule has 3 rings (SSSR count). The molecular formula is C21H23NO2S. The van der Waals surface area contributed by atoms with Crippen molar-refractivity contribution in [3.05, 3.63) is 60.2 Å². The number of unbranched alkanes of at least 4 members (excludes halogenated alkanes) is 1. The molecule has 0 aliphatic carbocycles. The molecule has 0 bridgehead atoms. The Morgan fingerprint density at radius 3 is 2.64 bits per heavy atom. The van der Waals surface area contributed by atoms with Crippen molar-refractivity contribution in [2.45, 2.75) is 24.8 Å². The normalized spacial score (nSPS) is 10.8. The second-order valence-corrected chi connectivity index (χ2v) is 6.97. The first kappa shape index (κ1) is 17.6. The van der Waals surface area contributed by atoms with Crippen LogP contribution in [0.1, 0.15) is 18.4 Å². The number of rotatable bonds is 8. The van der Waals surface area contributed by atoms with Gasteiger partial charge in [-0.3, -0.25) is 0 Å². The summed E-state index contributed by atoms with van der Waals surface area (Å²) in [7, 11) is 1.69. The first-order valence-corrected chi connectivity index (χ1v) is 9.51. The molecule has 0 amide bonds. The van der Waals surface area contributed by atoms with Gasteiger partial charge in [0.15, 0.2) is 0 Å². The van der Waals surface area contributed by atoms with E-state index in [1.807, 2.05) is 42.5 Å². The maximum Gasteiger partial charge on any atom is 0.145 e. The van der Waals surface area contributed by atoms with Crippen molar-refractivity contribution in [3.8, 4) is 11.5 Å². The largest absolute Gasteiger partial charge is 0.494 e. The zero-order chi connectivity index (χ0) is 17.5. The average molecular weight is 353 g/mol. The number of para-hydroxylation sites is 2. The summed E-state index contributed by atoms with van der Waals surface area (Å²) >= 11 is 1.79. The van der Waals surface area contributed by atoms with Crippen molar-refractivity contribution in [2.75, 3.05) is 19.5 Å². The van der Waals surface area contributed by atoms with Crippen LogP contribution in [0.3, 0.4) is 0 Å². The Balaban J connectivity index is 1.51. The van der Waals surface area contributed by atoms with E-state index in [4.69, 9.17) is 14.5 Å². The van der Waals surface area contributed by atoms with E-state index in [9.17, 15) is 0 Å².